The first-order valence-electron chi connectivity index (χ1n) is 7.85. The molecule has 21 heavy (non-hydrogen) atoms. The van der Waals surface area contributed by atoms with E-state index in [1.54, 1.807) is 0 Å². The zero-order valence-electron chi connectivity index (χ0n) is 12.5. The average Bonchev–Trinajstić information content (AvgIpc) is 2.91. The van der Waals surface area contributed by atoms with Crippen molar-refractivity contribution in [1.82, 2.24) is 5.32 Å². The molecule has 2 aromatic rings. The minimum atomic E-state index is -0.330. The summed E-state index contributed by atoms with van der Waals surface area (Å²) in [6.07, 6.45) is 2.44. The first kappa shape index (κ1) is 14.4. The Bertz CT molecular complexity index is 611. The van der Waals surface area contributed by atoms with Gasteiger partial charge in [0.2, 0.25) is 0 Å². The highest BCUT2D eigenvalue weighted by Gasteiger charge is 2.27. The van der Waals surface area contributed by atoms with Crippen molar-refractivity contribution in [2.45, 2.75) is 44.9 Å². The van der Waals surface area contributed by atoms with Gasteiger partial charge in [0.15, 0.2) is 0 Å². The van der Waals surface area contributed by atoms with E-state index < -0.39 is 0 Å². The minimum absolute atomic E-state index is 0.0634. The molecule has 3 rings (SSSR count). The van der Waals surface area contributed by atoms with E-state index in [-0.39, 0.29) is 12.2 Å². The Kier molecular flexibility index (Phi) is 4.42. The van der Waals surface area contributed by atoms with Crippen LogP contribution in [0.15, 0.2) is 36.4 Å². The summed E-state index contributed by atoms with van der Waals surface area (Å²) in [5.74, 6) is 0.903. The van der Waals surface area contributed by atoms with Gasteiger partial charge in [-0.25, -0.2) is 0 Å². The summed E-state index contributed by atoms with van der Waals surface area (Å²) in [5, 5.41) is 15.8. The van der Waals surface area contributed by atoms with Gasteiger partial charge < -0.3 is 15.2 Å². The number of hydrogen-bond donors (Lipinski definition) is 2. The number of aliphatic hydroxyl groups excluding tert-OH is 1. The normalized spacial score (nSPS) is 21.8. The highest BCUT2D eigenvalue weighted by atomic mass is 16.5. The second-order valence-corrected chi connectivity index (χ2v) is 5.70. The molecule has 0 bridgehead atoms. The van der Waals surface area contributed by atoms with Gasteiger partial charge in [0.25, 0.3) is 0 Å². The maximum absolute atomic E-state index is 9.99. The van der Waals surface area contributed by atoms with Crippen LogP contribution >= 0.6 is 0 Å². The van der Waals surface area contributed by atoms with Gasteiger partial charge in [-0.3, -0.25) is 0 Å². The number of ether oxygens (including phenoxy) is 1. The molecule has 0 aromatic heterocycles. The maximum Gasteiger partial charge on any atom is 0.124 e. The third kappa shape index (κ3) is 3.04. The van der Waals surface area contributed by atoms with E-state index in [0.29, 0.717) is 0 Å². The lowest BCUT2D eigenvalue weighted by Gasteiger charge is -2.21. The van der Waals surface area contributed by atoms with Crippen molar-refractivity contribution in [2.24, 2.45) is 0 Å². The van der Waals surface area contributed by atoms with Gasteiger partial charge in [-0.2, -0.15) is 0 Å². The minimum Gasteiger partial charge on any atom is -0.487 e. The van der Waals surface area contributed by atoms with Crippen molar-refractivity contribution in [3.63, 3.8) is 0 Å². The van der Waals surface area contributed by atoms with Crippen LogP contribution < -0.4 is 10.1 Å². The Hall–Kier alpha value is -1.58. The molecule has 1 aliphatic rings. The van der Waals surface area contributed by atoms with E-state index in [2.05, 4.69) is 42.6 Å². The van der Waals surface area contributed by atoms with Crippen molar-refractivity contribution >= 4 is 10.8 Å². The largest absolute Gasteiger partial charge is 0.487 e. The summed E-state index contributed by atoms with van der Waals surface area (Å²) >= 11 is 0. The summed E-state index contributed by atoms with van der Waals surface area (Å²) in [4.78, 5) is 0. The van der Waals surface area contributed by atoms with Crippen LogP contribution in [0.2, 0.25) is 0 Å². The third-order valence-corrected chi connectivity index (χ3v) is 4.25. The monoisotopic (exact) mass is 285 g/mol. The SMILES string of the molecule is CCNCc1c(OC2CCCC2O)ccc2ccccc12. The molecule has 0 spiro atoms. The summed E-state index contributed by atoms with van der Waals surface area (Å²) in [7, 11) is 0. The van der Waals surface area contributed by atoms with Gasteiger partial charge >= 0.3 is 0 Å². The van der Waals surface area contributed by atoms with E-state index >= 15 is 0 Å². The molecule has 2 atom stereocenters. The molecule has 112 valence electrons. The molecule has 3 heteroatoms. The van der Waals surface area contributed by atoms with Gasteiger partial charge in [-0.15, -0.1) is 0 Å². The van der Waals surface area contributed by atoms with E-state index in [1.807, 2.05) is 6.07 Å². The van der Waals surface area contributed by atoms with Crippen LogP contribution in [-0.2, 0) is 6.54 Å². The molecule has 0 aliphatic heterocycles. The standard InChI is InChI=1S/C18H23NO2/c1-2-19-12-15-14-7-4-3-6-13(14)10-11-17(15)21-18-9-5-8-16(18)20/h3-4,6-7,10-11,16,18-20H,2,5,8-9,12H2,1H3. The van der Waals surface area contributed by atoms with Crippen molar-refractivity contribution in [3.8, 4) is 5.75 Å². The molecule has 1 aliphatic carbocycles. The lowest BCUT2D eigenvalue weighted by Crippen LogP contribution is -2.26. The van der Waals surface area contributed by atoms with Crippen LogP contribution in [0.4, 0.5) is 0 Å². The fourth-order valence-corrected chi connectivity index (χ4v) is 3.07. The van der Waals surface area contributed by atoms with Gasteiger partial charge in [-0.05, 0) is 42.6 Å². The summed E-state index contributed by atoms with van der Waals surface area (Å²) < 4.78 is 6.13. The third-order valence-electron chi connectivity index (χ3n) is 4.25. The number of aliphatic hydroxyl groups is 1. The van der Waals surface area contributed by atoms with Crippen LogP contribution in [0.25, 0.3) is 10.8 Å². The topological polar surface area (TPSA) is 41.5 Å². The van der Waals surface area contributed by atoms with E-state index in [9.17, 15) is 5.11 Å². The number of fused-ring (bicyclic) bond motifs is 1. The molecule has 1 saturated carbocycles. The highest BCUT2D eigenvalue weighted by Crippen LogP contribution is 2.31. The molecule has 2 aromatic carbocycles. The first-order valence-corrected chi connectivity index (χ1v) is 7.85. The molecule has 0 heterocycles. The van der Waals surface area contributed by atoms with Gasteiger partial charge in [0.05, 0.1) is 6.10 Å². The Labute approximate surface area is 125 Å². The molecule has 2 N–H and O–H groups in total. The van der Waals surface area contributed by atoms with Crippen molar-refractivity contribution < 1.29 is 9.84 Å². The zero-order chi connectivity index (χ0) is 14.7. The van der Waals surface area contributed by atoms with E-state index in [1.165, 1.54) is 16.3 Å². The first-order chi connectivity index (χ1) is 10.3. The summed E-state index contributed by atoms with van der Waals surface area (Å²) in [5.41, 5.74) is 1.19. The van der Waals surface area contributed by atoms with Crippen molar-refractivity contribution in [2.75, 3.05) is 6.54 Å². The number of rotatable bonds is 5. The molecule has 0 amide bonds. The molecule has 0 saturated heterocycles. The molecule has 0 radical (unpaired) electrons. The van der Waals surface area contributed by atoms with Crippen LogP contribution in [0.5, 0.6) is 5.75 Å². The van der Waals surface area contributed by atoms with Crippen LogP contribution in [-0.4, -0.2) is 23.9 Å². The van der Waals surface area contributed by atoms with Crippen LogP contribution in [0.1, 0.15) is 31.7 Å². The summed E-state index contributed by atoms with van der Waals surface area (Å²) in [6.45, 7) is 3.82. The Morgan fingerprint density at radius 2 is 2.05 bits per heavy atom. The van der Waals surface area contributed by atoms with Crippen molar-refractivity contribution in [3.05, 3.63) is 42.0 Å². The second kappa shape index (κ2) is 6.46. The lowest BCUT2D eigenvalue weighted by molar-refractivity contribution is 0.0598. The van der Waals surface area contributed by atoms with Crippen LogP contribution in [0, 0.1) is 0 Å². The maximum atomic E-state index is 9.99. The number of hydrogen-bond acceptors (Lipinski definition) is 3. The molecular weight excluding hydrogens is 262 g/mol. The summed E-state index contributed by atoms with van der Waals surface area (Å²) in [6, 6.07) is 12.5. The van der Waals surface area contributed by atoms with Crippen LogP contribution in [0.3, 0.4) is 0 Å². The Morgan fingerprint density at radius 3 is 2.81 bits per heavy atom. The highest BCUT2D eigenvalue weighted by molar-refractivity contribution is 5.87. The predicted octanol–water partition coefficient (Wildman–Crippen LogP) is 3.24. The van der Waals surface area contributed by atoms with E-state index in [4.69, 9.17) is 4.74 Å². The van der Waals surface area contributed by atoms with Crippen molar-refractivity contribution in [1.29, 1.82) is 0 Å². The average molecular weight is 285 g/mol. The lowest BCUT2D eigenvalue weighted by atomic mass is 10.0. The Balaban J connectivity index is 1.95. The second-order valence-electron chi connectivity index (χ2n) is 5.70. The molecular formula is C18H23NO2. The fourth-order valence-electron chi connectivity index (χ4n) is 3.07. The van der Waals surface area contributed by atoms with Gasteiger partial charge in [0, 0.05) is 12.1 Å². The molecule has 1 fully saturated rings. The fraction of sp³-hybridized carbons (Fsp3) is 0.444. The number of benzene rings is 2. The molecule has 3 nitrogen and oxygen atoms in total. The Morgan fingerprint density at radius 1 is 1.19 bits per heavy atom. The molecule has 2 unspecified atom stereocenters. The number of nitrogens with one attached hydrogen (secondary N) is 1. The van der Waals surface area contributed by atoms with Gasteiger partial charge in [0.1, 0.15) is 11.9 Å². The zero-order valence-corrected chi connectivity index (χ0v) is 12.5. The quantitative estimate of drug-likeness (QED) is 0.886. The van der Waals surface area contributed by atoms with Gasteiger partial charge in [-0.1, -0.05) is 37.3 Å². The van der Waals surface area contributed by atoms with E-state index in [0.717, 1.165) is 38.1 Å². The predicted molar refractivity (Wildman–Crippen MR) is 85.6 cm³/mol. The smallest absolute Gasteiger partial charge is 0.124 e.